The van der Waals surface area contributed by atoms with Crippen molar-refractivity contribution in [3.8, 4) is 17.2 Å². The van der Waals surface area contributed by atoms with Crippen LogP contribution in [0, 0.1) is 12.7 Å². The number of carbonyl (C=O) groups is 2. The lowest BCUT2D eigenvalue weighted by Crippen LogP contribution is -2.17. The number of rotatable bonds is 6. The van der Waals surface area contributed by atoms with Crippen LogP contribution in [0.4, 0.5) is 10.1 Å². The van der Waals surface area contributed by atoms with Gasteiger partial charge in [0.2, 0.25) is 0 Å². The number of anilines is 1. The van der Waals surface area contributed by atoms with E-state index >= 15 is 0 Å². The lowest BCUT2D eigenvalue weighted by Gasteiger charge is -2.15. The van der Waals surface area contributed by atoms with E-state index in [1.807, 2.05) is 13.0 Å². The molecule has 3 N–H and O–H groups in total. The summed E-state index contributed by atoms with van der Waals surface area (Å²) in [6, 6.07) is 11.7. The second kappa shape index (κ2) is 8.39. The quantitative estimate of drug-likeness (QED) is 0.663. The summed E-state index contributed by atoms with van der Waals surface area (Å²) in [5.41, 5.74) is 6.35. The minimum Gasteiger partial charge on any atom is -0.493 e. The Morgan fingerprint density at radius 2 is 1.79 bits per heavy atom. The second-order valence-electron chi connectivity index (χ2n) is 6.14. The van der Waals surface area contributed by atoms with E-state index in [-0.39, 0.29) is 22.7 Å². The Morgan fingerprint density at radius 1 is 1.03 bits per heavy atom. The lowest BCUT2D eigenvalue weighted by atomic mass is 10.2. The van der Waals surface area contributed by atoms with Crippen molar-refractivity contribution in [1.29, 1.82) is 0 Å². The largest absolute Gasteiger partial charge is 0.493 e. The molecule has 0 atom stereocenters. The number of nitrogens with zero attached hydrogens (tertiary/aromatic N) is 1. The Balaban J connectivity index is 1.90. The second-order valence-corrected chi connectivity index (χ2v) is 6.14. The van der Waals surface area contributed by atoms with Gasteiger partial charge in [-0.05, 0) is 48.9 Å². The highest BCUT2D eigenvalue weighted by molar-refractivity contribution is 6.06. The summed E-state index contributed by atoms with van der Waals surface area (Å²) < 4.78 is 25.0. The number of hydrogen-bond donors (Lipinski definition) is 2. The van der Waals surface area contributed by atoms with Crippen molar-refractivity contribution >= 4 is 17.5 Å². The number of aryl methyl sites for hydroxylation is 1. The molecular formula is C21H18FN3O4. The van der Waals surface area contributed by atoms with Gasteiger partial charge in [0.05, 0.1) is 12.8 Å². The molecule has 0 saturated heterocycles. The van der Waals surface area contributed by atoms with Crippen molar-refractivity contribution in [2.24, 2.45) is 5.73 Å². The Hall–Kier alpha value is -3.94. The number of nitrogens with two attached hydrogens (primary N) is 1. The maximum atomic E-state index is 13.8. The van der Waals surface area contributed by atoms with Crippen LogP contribution in [-0.4, -0.2) is 23.9 Å². The molecule has 0 saturated carbocycles. The average Bonchev–Trinajstić information content (AvgIpc) is 2.71. The highest BCUT2D eigenvalue weighted by Gasteiger charge is 2.15. The molecule has 0 aliphatic heterocycles. The minimum atomic E-state index is -0.763. The highest BCUT2D eigenvalue weighted by atomic mass is 19.1. The molecule has 0 aliphatic rings. The molecule has 2 aromatic carbocycles. The third kappa shape index (κ3) is 4.67. The van der Waals surface area contributed by atoms with E-state index in [0.717, 1.165) is 11.6 Å². The van der Waals surface area contributed by atoms with Crippen molar-refractivity contribution in [2.45, 2.75) is 6.92 Å². The number of ether oxygens (including phenoxy) is 2. The number of aromatic nitrogens is 1. The third-order valence-electron chi connectivity index (χ3n) is 4.00. The zero-order valence-corrected chi connectivity index (χ0v) is 15.7. The molecule has 1 heterocycles. The standard InChI is InChI=1S/C21H18FN3O4/c1-12-3-5-18(19(9-12)28-2)29-17-6-4-14(22)11-15(17)25-21(27)13-7-8-24-16(10-13)20(23)26/h3-11H,1-2H3,(H2,23,26)(H,25,27). The number of hydrogen-bond acceptors (Lipinski definition) is 5. The van der Waals surface area contributed by atoms with E-state index < -0.39 is 17.6 Å². The molecule has 3 rings (SSSR count). The summed E-state index contributed by atoms with van der Waals surface area (Å²) in [6.45, 7) is 1.91. The van der Waals surface area contributed by atoms with Crippen LogP contribution in [0.25, 0.3) is 0 Å². The van der Waals surface area contributed by atoms with E-state index in [4.69, 9.17) is 15.2 Å². The number of amides is 2. The van der Waals surface area contributed by atoms with Gasteiger partial charge in [-0.2, -0.15) is 0 Å². The monoisotopic (exact) mass is 395 g/mol. The highest BCUT2D eigenvalue weighted by Crippen LogP contribution is 2.36. The fourth-order valence-corrected chi connectivity index (χ4v) is 2.57. The Labute approximate surface area is 166 Å². The normalized spacial score (nSPS) is 10.3. The topological polar surface area (TPSA) is 104 Å². The summed E-state index contributed by atoms with van der Waals surface area (Å²) in [4.78, 5) is 27.6. The van der Waals surface area contributed by atoms with E-state index in [0.29, 0.717) is 11.5 Å². The molecule has 2 amide bonds. The van der Waals surface area contributed by atoms with Crippen molar-refractivity contribution in [3.05, 3.63) is 77.4 Å². The van der Waals surface area contributed by atoms with Crippen molar-refractivity contribution in [2.75, 3.05) is 12.4 Å². The molecule has 0 bridgehead atoms. The molecular weight excluding hydrogens is 377 g/mol. The predicted molar refractivity (Wildman–Crippen MR) is 105 cm³/mol. The zero-order valence-electron chi connectivity index (χ0n) is 15.7. The van der Waals surface area contributed by atoms with Crippen molar-refractivity contribution < 1.29 is 23.5 Å². The molecule has 148 valence electrons. The number of halogens is 1. The first-order valence-electron chi connectivity index (χ1n) is 8.56. The summed E-state index contributed by atoms with van der Waals surface area (Å²) >= 11 is 0. The predicted octanol–water partition coefficient (Wildman–Crippen LogP) is 3.68. The van der Waals surface area contributed by atoms with Gasteiger partial charge in [0.25, 0.3) is 11.8 Å². The first kappa shape index (κ1) is 19.8. The Bertz CT molecular complexity index is 1090. The van der Waals surface area contributed by atoms with Crippen LogP contribution < -0.4 is 20.5 Å². The molecule has 0 fully saturated rings. The number of benzene rings is 2. The van der Waals surface area contributed by atoms with Crippen molar-refractivity contribution in [1.82, 2.24) is 4.98 Å². The maximum absolute atomic E-state index is 13.8. The fourth-order valence-electron chi connectivity index (χ4n) is 2.57. The van der Waals surface area contributed by atoms with E-state index in [1.54, 1.807) is 12.1 Å². The molecule has 0 aliphatic carbocycles. The van der Waals surface area contributed by atoms with Crippen LogP contribution in [0.3, 0.4) is 0 Å². The number of carbonyl (C=O) groups excluding carboxylic acids is 2. The van der Waals surface area contributed by atoms with Gasteiger partial charge in [0, 0.05) is 17.8 Å². The molecule has 3 aromatic rings. The smallest absolute Gasteiger partial charge is 0.267 e. The Kier molecular flexibility index (Phi) is 5.73. The first-order valence-corrected chi connectivity index (χ1v) is 8.56. The number of nitrogens with one attached hydrogen (secondary N) is 1. The molecule has 7 nitrogen and oxygen atoms in total. The summed E-state index contributed by atoms with van der Waals surface area (Å²) in [7, 11) is 1.51. The van der Waals surface area contributed by atoms with E-state index in [1.165, 1.54) is 37.6 Å². The lowest BCUT2D eigenvalue weighted by molar-refractivity contribution is 0.0995. The van der Waals surface area contributed by atoms with Gasteiger partial charge < -0.3 is 20.5 Å². The SMILES string of the molecule is COc1cc(C)ccc1Oc1ccc(F)cc1NC(=O)c1ccnc(C(N)=O)c1. The van der Waals surface area contributed by atoms with Gasteiger partial charge in [-0.3, -0.25) is 14.6 Å². The third-order valence-corrected chi connectivity index (χ3v) is 4.00. The Morgan fingerprint density at radius 3 is 2.52 bits per heavy atom. The van der Waals surface area contributed by atoms with Crippen molar-refractivity contribution in [3.63, 3.8) is 0 Å². The van der Waals surface area contributed by atoms with E-state index in [2.05, 4.69) is 10.3 Å². The number of primary amides is 1. The van der Waals surface area contributed by atoms with Gasteiger partial charge in [-0.1, -0.05) is 6.07 Å². The summed E-state index contributed by atoms with van der Waals surface area (Å²) in [6.07, 6.45) is 1.29. The van der Waals surface area contributed by atoms with Gasteiger partial charge in [0.1, 0.15) is 11.5 Å². The summed E-state index contributed by atoms with van der Waals surface area (Å²) in [5, 5.41) is 2.58. The first-order chi connectivity index (χ1) is 13.9. The molecule has 1 aromatic heterocycles. The van der Waals surface area contributed by atoms with Crippen LogP contribution in [0.5, 0.6) is 17.2 Å². The molecule has 0 spiro atoms. The maximum Gasteiger partial charge on any atom is 0.267 e. The average molecular weight is 395 g/mol. The van der Waals surface area contributed by atoms with E-state index in [9.17, 15) is 14.0 Å². The minimum absolute atomic E-state index is 0.0576. The van der Waals surface area contributed by atoms with Crippen LogP contribution in [-0.2, 0) is 0 Å². The summed E-state index contributed by atoms with van der Waals surface area (Å²) in [5.74, 6) is -0.795. The molecule has 29 heavy (non-hydrogen) atoms. The van der Waals surface area contributed by atoms with Crippen LogP contribution in [0.1, 0.15) is 26.4 Å². The number of pyridine rings is 1. The zero-order chi connectivity index (χ0) is 21.0. The van der Waals surface area contributed by atoms with Crippen LogP contribution in [0.2, 0.25) is 0 Å². The molecule has 0 unspecified atom stereocenters. The van der Waals surface area contributed by atoms with Gasteiger partial charge >= 0.3 is 0 Å². The number of methoxy groups -OCH3 is 1. The van der Waals surface area contributed by atoms with Gasteiger partial charge in [-0.25, -0.2) is 4.39 Å². The van der Waals surface area contributed by atoms with Crippen LogP contribution >= 0.6 is 0 Å². The molecule has 8 heteroatoms. The van der Waals surface area contributed by atoms with Gasteiger partial charge in [0.15, 0.2) is 17.2 Å². The van der Waals surface area contributed by atoms with Gasteiger partial charge in [-0.15, -0.1) is 0 Å². The fraction of sp³-hybridized carbons (Fsp3) is 0.0952. The molecule has 0 radical (unpaired) electrons. The van der Waals surface area contributed by atoms with Crippen LogP contribution in [0.15, 0.2) is 54.7 Å².